The molecular weight excluding hydrogens is 280 g/mol. The predicted molar refractivity (Wildman–Crippen MR) is 83.3 cm³/mol. The summed E-state index contributed by atoms with van der Waals surface area (Å²) >= 11 is 0. The van der Waals surface area contributed by atoms with Crippen LogP contribution in [0.2, 0.25) is 0 Å². The van der Waals surface area contributed by atoms with Crippen LogP contribution in [0.15, 0.2) is 24.3 Å². The number of benzene rings is 1. The van der Waals surface area contributed by atoms with Gasteiger partial charge in [-0.1, -0.05) is 18.2 Å². The number of carbonyl (C=O) groups excluding carboxylic acids is 2. The largest absolute Gasteiger partial charge is 0.391 e. The van der Waals surface area contributed by atoms with Gasteiger partial charge in [-0.15, -0.1) is 0 Å². The number of nitrogens with zero attached hydrogens (tertiary/aromatic N) is 1. The summed E-state index contributed by atoms with van der Waals surface area (Å²) in [6.45, 7) is 1.15. The minimum Gasteiger partial charge on any atom is -0.391 e. The first-order chi connectivity index (χ1) is 10.6. The molecular formula is C17H22N2O3. The van der Waals surface area contributed by atoms with Crippen molar-refractivity contribution >= 4 is 17.5 Å². The third kappa shape index (κ3) is 3.30. The Morgan fingerprint density at radius 3 is 3.00 bits per heavy atom. The Bertz CT molecular complexity index is 573. The first-order valence-electron chi connectivity index (χ1n) is 7.98. The van der Waals surface area contributed by atoms with E-state index in [4.69, 9.17) is 0 Å². The lowest BCUT2D eigenvalue weighted by Gasteiger charge is -2.31. The molecule has 5 nitrogen and oxygen atoms in total. The third-order valence-electron chi connectivity index (χ3n) is 4.57. The van der Waals surface area contributed by atoms with E-state index in [0.717, 1.165) is 30.6 Å². The number of fused-ring (bicyclic) bond motifs is 1. The zero-order valence-electron chi connectivity index (χ0n) is 12.6. The number of nitrogens with one attached hydrogen (secondary N) is 1. The number of para-hydroxylation sites is 1. The van der Waals surface area contributed by atoms with Gasteiger partial charge in [-0.3, -0.25) is 9.59 Å². The summed E-state index contributed by atoms with van der Waals surface area (Å²) in [4.78, 5) is 26.1. The minimum absolute atomic E-state index is 0.00480. The van der Waals surface area contributed by atoms with E-state index in [-0.39, 0.29) is 17.7 Å². The van der Waals surface area contributed by atoms with E-state index < -0.39 is 6.10 Å². The second-order valence-electron chi connectivity index (χ2n) is 6.22. The number of hydrogen-bond acceptors (Lipinski definition) is 3. The first-order valence-corrected chi connectivity index (χ1v) is 7.98. The zero-order valence-corrected chi connectivity index (χ0v) is 12.6. The van der Waals surface area contributed by atoms with Crippen LogP contribution in [-0.4, -0.2) is 41.0 Å². The number of amides is 2. The molecule has 0 aromatic heterocycles. The quantitative estimate of drug-likeness (QED) is 0.890. The second kappa shape index (κ2) is 6.48. The van der Waals surface area contributed by atoms with E-state index in [1.54, 1.807) is 4.90 Å². The number of aliphatic hydroxyl groups is 1. The van der Waals surface area contributed by atoms with Crippen LogP contribution in [0.25, 0.3) is 0 Å². The summed E-state index contributed by atoms with van der Waals surface area (Å²) in [6.07, 6.45) is 2.84. The van der Waals surface area contributed by atoms with Crippen LogP contribution >= 0.6 is 0 Å². The molecule has 0 bridgehead atoms. The van der Waals surface area contributed by atoms with Crippen molar-refractivity contribution in [1.82, 2.24) is 4.90 Å². The molecule has 2 aliphatic rings. The summed E-state index contributed by atoms with van der Waals surface area (Å²) in [5.41, 5.74) is 2.02. The lowest BCUT2D eigenvalue weighted by atomic mass is 9.89. The first kappa shape index (κ1) is 15.0. The molecule has 0 aliphatic carbocycles. The van der Waals surface area contributed by atoms with Crippen molar-refractivity contribution in [2.24, 2.45) is 5.92 Å². The van der Waals surface area contributed by atoms with E-state index in [1.807, 2.05) is 24.3 Å². The molecule has 2 atom stereocenters. The van der Waals surface area contributed by atoms with Crippen molar-refractivity contribution in [3.8, 4) is 0 Å². The van der Waals surface area contributed by atoms with Gasteiger partial charge in [-0.25, -0.2) is 0 Å². The second-order valence-corrected chi connectivity index (χ2v) is 6.22. The van der Waals surface area contributed by atoms with Crippen LogP contribution < -0.4 is 5.32 Å². The fraction of sp³-hybridized carbons (Fsp3) is 0.529. The summed E-state index contributed by atoms with van der Waals surface area (Å²) in [7, 11) is 0. The topological polar surface area (TPSA) is 69.6 Å². The van der Waals surface area contributed by atoms with Gasteiger partial charge in [-0.05, 0) is 37.3 Å². The highest BCUT2D eigenvalue weighted by Gasteiger charge is 2.28. The lowest BCUT2D eigenvalue weighted by molar-refractivity contribution is -0.134. The maximum atomic E-state index is 12.2. The Balaban J connectivity index is 1.55. The molecule has 1 fully saturated rings. The number of likely N-dealkylation sites (tertiary alicyclic amines) is 1. The maximum absolute atomic E-state index is 12.2. The van der Waals surface area contributed by atoms with Crippen molar-refractivity contribution in [3.05, 3.63) is 29.8 Å². The van der Waals surface area contributed by atoms with Crippen LogP contribution in [0, 0.1) is 5.92 Å². The summed E-state index contributed by atoms with van der Waals surface area (Å²) in [5, 5.41) is 12.6. The zero-order chi connectivity index (χ0) is 15.5. The Hall–Kier alpha value is -1.88. The summed E-state index contributed by atoms with van der Waals surface area (Å²) < 4.78 is 0. The normalized spacial score (nSPS) is 24.6. The van der Waals surface area contributed by atoms with E-state index in [0.29, 0.717) is 25.8 Å². The Labute approximate surface area is 130 Å². The van der Waals surface area contributed by atoms with Gasteiger partial charge in [0.1, 0.15) is 0 Å². The van der Waals surface area contributed by atoms with Gasteiger partial charge >= 0.3 is 0 Å². The molecule has 5 heteroatoms. The molecule has 1 aromatic carbocycles. The van der Waals surface area contributed by atoms with Gasteiger partial charge in [-0.2, -0.15) is 0 Å². The minimum atomic E-state index is -0.400. The molecule has 2 aliphatic heterocycles. The van der Waals surface area contributed by atoms with E-state index in [1.165, 1.54) is 0 Å². The van der Waals surface area contributed by atoms with Crippen molar-refractivity contribution in [2.45, 2.75) is 38.2 Å². The fourth-order valence-corrected chi connectivity index (χ4v) is 3.28. The smallest absolute Gasteiger partial charge is 0.227 e. The van der Waals surface area contributed by atoms with E-state index in [2.05, 4.69) is 5.32 Å². The molecule has 2 N–H and O–H groups in total. The third-order valence-corrected chi connectivity index (χ3v) is 4.57. The standard InChI is InChI=1S/C17H22N2O3/c20-14-5-3-9-19(11-14)16(21)8-7-13-10-12-4-1-2-6-15(12)18-17(13)22/h1-2,4,6,13-14,20H,3,5,7-11H2,(H,18,22)/t13-,14-/m1/s1. The maximum Gasteiger partial charge on any atom is 0.227 e. The number of rotatable bonds is 3. The van der Waals surface area contributed by atoms with Crippen LogP contribution in [0.4, 0.5) is 5.69 Å². The monoisotopic (exact) mass is 302 g/mol. The highest BCUT2D eigenvalue weighted by atomic mass is 16.3. The van der Waals surface area contributed by atoms with Crippen LogP contribution in [-0.2, 0) is 16.0 Å². The Morgan fingerprint density at radius 1 is 1.36 bits per heavy atom. The number of aliphatic hydroxyl groups excluding tert-OH is 1. The molecule has 22 heavy (non-hydrogen) atoms. The van der Waals surface area contributed by atoms with Gasteiger partial charge in [0, 0.05) is 31.1 Å². The number of carbonyl (C=O) groups is 2. The van der Waals surface area contributed by atoms with Gasteiger partial charge in [0.05, 0.1) is 6.10 Å². The molecule has 2 heterocycles. The number of anilines is 1. The molecule has 118 valence electrons. The van der Waals surface area contributed by atoms with E-state index >= 15 is 0 Å². The summed E-state index contributed by atoms with van der Waals surface area (Å²) in [5.74, 6) is -0.0934. The molecule has 0 unspecified atom stereocenters. The molecule has 0 radical (unpaired) electrons. The van der Waals surface area contributed by atoms with Gasteiger partial charge in [0.25, 0.3) is 0 Å². The average molecular weight is 302 g/mol. The van der Waals surface area contributed by atoms with Crippen LogP contribution in [0.3, 0.4) is 0 Å². The predicted octanol–water partition coefficient (Wildman–Crippen LogP) is 1.56. The van der Waals surface area contributed by atoms with Crippen molar-refractivity contribution in [1.29, 1.82) is 0 Å². The van der Waals surface area contributed by atoms with Crippen molar-refractivity contribution in [3.63, 3.8) is 0 Å². The number of hydrogen-bond donors (Lipinski definition) is 2. The fourth-order valence-electron chi connectivity index (χ4n) is 3.28. The summed E-state index contributed by atoms with van der Waals surface area (Å²) in [6, 6.07) is 7.80. The Morgan fingerprint density at radius 2 is 2.18 bits per heavy atom. The molecule has 0 spiro atoms. The van der Waals surface area contributed by atoms with Gasteiger partial charge in [0.2, 0.25) is 11.8 Å². The molecule has 1 aromatic rings. The number of β-amino-alcohol motifs (C(OH)–C–C–N with tert-alkyl or cyclic N) is 1. The van der Waals surface area contributed by atoms with Crippen molar-refractivity contribution < 1.29 is 14.7 Å². The molecule has 2 amide bonds. The number of piperidine rings is 1. The van der Waals surface area contributed by atoms with Gasteiger partial charge < -0.3 is 15.3 Å². The molecule has 0 saturated carbocycles. The average Bonchev–Trinajstić information content (AvgIpc) is 2.52. The SMILES string of the molecule is O=C1Nc2ccccc2C[C@H]1CCC(=O)N1CCC[C@@H](O)C1. The Kier molecular flexibility index (Phi) is 4.43. The lowest BCUT2D eigenvalue weighted by Crippen LogP contribution is -2.42. The van der Waals surface area contributed by atoms with Crippen LogP contribution in [0.5, 0.6) is 0 Å². The highest BCUT2D eigenvalue weighted by molar-refractivity contribution is 5.96. The molecule has 1 saturated heterocycles. The molecule has 3 rings (SSSR count). The van der Waals surface area contributed by atoms with E-state index in [9.17, 15) is 14.7 Å². The van der Waals surface area contributed by atoms with Crippen LogP contribution in [0.1, 0.15) is 31.2 Å². The highest BCUT2D eigenvalue weighted by Crippen LogP contribution is 2.27. The van der Waals surface area contributed by atoms with Crippen molar-refractivity contribution in [2.75, 3.05) is 18.4 Å². The van der Waals surface area contributed by atoms with Gasteiger partial charge in [0.15, 0.2) is 0 Å².